The van der Waals surface area contributed by atoms with Gasteiger partial charge in [-0.05, 0) is 121 Å². The zero-order chi connectivity index (χ0) is 33.5. The highest BCUT2D eigenvalue weighted by Gasteiger charge is 2.23. The lowest BCUT2D eigenvalue weighted by molar-refractivity contribution is -0.110. The molecule has 10 heteroatoms. The number of hydrogen-bond donors (Lipinski definition) is 2. The summed E-state index contributed by atoms with van der Waals surface area (Å²) in [6, 6.07) is 14.6. The Kier molecular flexibility index (Phi) is 11.0. The van der Waals surface area contributed by atoms with Crippen molar-refractivity contribution in [2.24, 2.45) is 16.8 Å². The second-order valence-corrected chi connectivity index (χ2v) is 13.0. The van der Waals surface area contributed by atoms with Gasteiger partial charge in [-0.3, -0.25) is 9.79 Å². The molecule has 6 rings (SSSR count). The summed E-state index contributed by atoms with van der Waals surface area (Å²) in [6.07, 6.45) is 12.1. The zero-order valence-corrected chi connectivity index (χ0v) is 28.3. The van der Waals surface area contributed by atoms with E-state index in [1.807, 2.05) is 36.4 Å². The predicted octanol–water partition coefficient (Wildman–Crippen LogP) is 7.80. The number of carbonyl (C=O) groups is 1. The van der Waals surface area contributed by atoms with Gasteiger partial charge in [0.1, 0.15) is 17.3 Å². The van der Waals surface area contributed by atoms with Crippen LogP contribution in [-0.4, -0.2) is 45.0 Å². The Morgan fingerprint density at radius 1 is 1.04 bits per heavy atom. The van der Waals surface area contributed by atoms with E-state index in [-0.39, 0.29) is 28.9 Å². The van der Waals surface area contributed by atoms with Crippen LogP contribution in [0.1, 0.15) is 36.0 Å². The number of aliphatic imine (C=N–C) groups is 1. The highest BCUT2D eigenvalue weighted by molar-refractivity contribution is 9.12. The van der Waals surface area contributed by atoms with Crippen LogP contribution >= 0.6 is 15.9 Å². The molecule has 3 aromatic rings. The second-order valence-electron chi connectivity index (χ2n) is 12.2. The largest absolute Gasteiger partial charge is 0.493 e. The van der Waals surface area contributed by atoms with Crippen LogP contribution in [0.2, 0.25) is 0 Å². The molecule has 1 saturated heterocycles. The molecular weight excluding hydrogens is 680 g/mol. The molecule has 0 radical (unpaired) electrons. The molecule has 3 aromatic carbocycles. The number of ether oxygens (including phenoxy) is 3. The minimum atomic E-state index is -0.630. The summed E-state index contributed by atoms with van der Waals surface area (Å²) in [6.45, 7) is 3.03. The van der Waals surface area contributed by atoms with Gasteiger partial charge in [0.05, 0.1) is 13.7 Å². The van der Waals surface area contributed by atoms with Gasteiger partial charge in [-0.25, -0.2) is 8.78 Å². The minimum Gasteiger partial charge on any atom is -0.493 e. The van der Waals surface area contributed by atoms with E-state index in [1.54, 1.807) is 25.3 Å². The predicted molar refractivity (Wildman–Crippen MR) is 188 cm³/mol. The van der Waals surface area contributed by atoms with Crippen molar-refractivity contribution in [3.8, 4) is 17.2 Å². The molecule has 48 heavy (non-hydrogen) atoms. The monoisotopic (exact) mass is 717 g/mol. The quantitative estimate of drug-likeness (QED) is 0.224. The van der Waals surface area contributed by atoms with E-state index in [4.69, 9.17) is 14.2 Å². The second kappa shape index (κ2) is 15.7. The number of benzene rings is 3. The van der Waals surface area contributed by atoms with Crippen LogP contribution in [-0.2, 0) is 17.6 Å². The summed E-state index contributed by atoms with van der Waals surface area (Å²) in [5, 5.41) is 6.12. The number of rotatable bonds is 10. The van der Waals surface area contributed by atoms with Gasteiger partial charge in [-0.1, -0.05) is 30.4 Å². The highest BCUT2D eigenvalue weighted by Crippen LogP contribution is 2.37. The first-order valence-electron chi connectivity index (χ1n) is 16.2. The third kappa shape index (κ3) is 8.41. The van der Waals surface area contributed by atoms with Crippen molar-refractivity contribution in [3.63, 3.8) is 0 Å². The molecule has 3 aliphatic rings. The smallest absolute Gasteiger partial charge is 0.274 e. The van der Waals surface area contributed by atoms with Gasteiger partial charge < -0.3 is 24.8 Å². The first kappa shape index (κ1) is 33.6. The van der Waals surface area contributed by atoms with Crippen molar-refractivity contribution in [1.29, 1.82) is 0 Å². The molecule has 1 atom stereocenters. The molecule has 0 bridgehead atoms. The maximum absolute atomic E-state index is 15.5. The summed E-state index contributed by atoms with van der Waals surface area (Å²) in [5.41, 5.74) is 3.29. The molecule has 2 N–H and O–H groups in total. The molecular formula is C38H38BrF2N3O4. The van der Waals surface area contributed by atoms with Crippen LogP contribution in [0.3, 0.4) is 0 Å². The van der Waals surface area contributed by atoms with Crippen LogP contribution in [0.4, 0.5) is 14.5 Å². The lowest BCUT2D eigenvalue weighted by Gasteiger charge is -2.24. The van der Waals surface area contributed by atoms with E-state index in [0.29, 0.717) is 47.2 Å². The number of amides is 1. The maximum Gasteiger partial charge on any atom is 0.274 e. The molecule has 1 amide bonds. The Balaban J connectivity index is 1.12. The lowest BCUT2D eigenvalue weighted by Crippen LogP contribution is -2.30. The third-order valence-electron chi connectivity index (χ3n) is 8.68. The summed E-state index contributed by atoms with van der Waals surface area (Å²) >= 11 is 3.47. The molecule has 2 aliphatic heterocycles. The van der Waals surface area contributed by atoms with E-state index in [2.05, 4.69) is 31.6 Å². The van der Waals surface area contributed by atoms with E-state index in [9.17, 15) is 9.18 Å². The average Bonchev–Trinajstić information content (AvgIpc) is 3.08. The van der Waals surface area contributed by atoms with Gasteiger partial charge >= 0.3 is 0 Å². The fourth-order valence-electron chi connectivity index (χ4n) is 6.06. The number of methoxy groups -OCH3 is 1. The summed E-state index contributed by atoms with van der Waals surface area (Å²) in [7, 11) is 1.61. The highest BCUT2D eigenvalue weighted by atomic mass is 79.9. The Bertz CT molecular complexity index is 1760. The number of carbonyl (C=O) groups excluding carboxylic acids is 1. The van der Waals surface area contributed by atoms with Gasteiger partial charge in [-0.15, -0.1) is 0 Å². The van der Waals surface area contributed by atoms with E-state index in [0.717, 1.165) is 55.5 Å². The first-order valence-corrected chi connectivity index (χ1v) is 17.0. The van der Waals surface area contributed by atoms with Gasteiger partial charge in [-0.2, -0.15) is 0 Å². The lowest BCUT2D eigenvalue weighted by atomic mass is 9.96. The fourth-order valence-corrected chi connectivity index (χ4v) is 6.73. The van der Waals surface area contributed by atoms with Crippen LogP contribution in [0.5, 0.6) is 17.2 Å². The van der Waals surface area contributed by atoms with Crippen LogP contribution < -0.4 is 24.8 Å². The summed E-state index contributed by atoms with van der Waals surface area (Å²) < 4.78 is 47.4. The van der Waals surface area contributed by atoms with E-state index >= 15 is 4.39 Å². The third-order valence-corrected chi connectivity index (χ3v) is 9.32. The molecule has 1 fully saturated rings. The standard InChI is InChI=1S/C38H38BrF2N3O4/c1-46-35-21-30-27(19-36(35)47-23-25-13-15-42-16-14-25)5-3-2-4-6-33(30)48-34-12-11-29(20-32(34)41)44-38(45)37-31(39)18-26(22-43-37)17-24-7-9-28(40)10-8-24/h2,4,6-12,18-21,25-26,42H,3,5,13-17,22-23H2,1H3,(H,44,45). The Labute approximate surface area is 287 Å². The van der Waals surface area contributed by atoms with E-state index in [1.165, 1.54) is 24.3 Å². The Morgan fingerprint density at radius 3 is 2.60 bits per heavy atom. The molecule has 7 nitrogen and oxygen atoms in total. The van der Waals surface area contributed by atoms with Crippen molar-refractivity contribution < 1.29 is 27.8 Å². The number of halogens is 3. The van der Waals surface area contributed by atoms with Crippen molar-refractivity contribution in [1.82, 2.24) is 5.32 Å². The number of nitrogens with zero attached hydrogens (tertiary/aromatic N) is 1. The van der Waals surface area contributed by atoms with Gasteiger partial charge in [0, 0.05) is 34.3 Å². The number of dihydropyridines is 1. The van der Waals surface area contributed by atoms with Crippen LogP contribution in [0.15, 0.2) is 88.4 Å². The SMILES string of the molecule is COc1cc2c(cc1OCC1CCNCC1)CCC=CC=C2Oc1ccc(NC(=O)C2=NCC(Cc3ccc(F)cc3)C=C2Br)cc1F. The number of anilines is 1. The number of fused-ring (bicyclic) bond motifs is 1. The number of hydrogen-bond acceptors (Lipinski definition) is 6. The molecule has 1 aliphatic carbocycles. The number of piperidine rings is 1. The summed E-state index contributed by atoms with van der Waals surface area (Å²) in [5.74, 6) is 0.949. The Morgan fingerprint density at radius 2 is 1.85 bits per heavy atom. The Hall–Kier alpha value is -4.28. The van der Waals surface area contributed by atoms with Crippen LogP contribution in [0.25, 0.3) is 5.76 Å². The molecule has 0 aromatic heterocycles. The fraction of sp³-hybridized carbons (Fsp3) is 0.316. The van der Waals surface area contributed by atoms with Crippen LogP contribution in [0, 0.1) is 23.5 Å². The molecule has 0 saturated carbocycles. The van der Waals surface area contributed by atoms with Crippen molar-refractivity contribution in [3.05, 3.63) is 112 Å². The van der Waals surface area contributed by atoms with Gasteiger partial charge in [0.2, 0.25) is 0 Å². The zero-order valence-electron chi connectivity index (χ0n) is 26.7. The normalized spacial score (nSPS) is 18.0. The molecule has 250 valence electrons. The molecule has 1 unspecified atom stereocenters. The van der Waals surface area contributed by atoms with E-state index < -0.39 is 11.7 Å². The average molecular weight is 719 g/mol. The summed E-state index contributed by atoms with van der Waals surface area (Å²) in [4.78, 5) is 17.5. The van der Waals surface area contributed by atoms with Crippen molar-refractivity contribution >= 4 is 39.0 Å². The van der Waals surface area contributed by atoms with Crippen molar-refractivity contribution in [2.45, 2.75) is 32.1 Å². The first-order chi connectivity index (χ1) is 23.4. The topological polar surface area (TPSA) is 81.2 Å². The van der Waals surface area contributed by atoms with Gasteiger partial charge in [0.25, 0.3) is 5.91 Å². The number of aryl methyl sites for hydroxylation is 1. The molecule has 2 heterocycles. The number of nitrogens with one attached hydrogen (secondary N) is 2. The maximum atomic E-state index is 15.5. The minimum absolute atomic E-state index is 0.0177. The van der Waals surface area contributed by atoms with Crippen molar-refractivity contribution in [2.75, 3.05) is 38.7 Å². The van der Waals surface area contributed by atoms with Gasteiger partial charge in [0.15, 0.2) is 23.1 Å². The molecule has 0 spiro atoms. The number of allylic oxidation sites excluding steroid dienone is 3.